The molecule has 0 spiro atoms. The Labute approximate surface area is 140 Å². The van der Waals surface area contributed by atoms with Crippen LogP contribution in [0.15, 0.2) is 61.2 Å². The van der Waals surface area contributed by atoms with E-state index in [0.29, 0.717) is 0 Å². The van der Waals surface area contributed by atoms with Crippen LogP contribution < -0.4 is 4.90 Å². The number of benzene rings is 2. The molecule has 5 rings (SSSR count). The van der Waals surface area contributed by atoms with Crippen molar-refractivity contribution in [2.75, 3.05) is 11.4 Å². The number of aromatic amines is 2. The van der Waals surface area contributed by atoms with Gasteiger partial charge in [-0.3, -0.25) is 0 Å². The summed E-state index contributed by atoms with van der Waals surface area (Å²) in [7, 11) is 0. The fourth-order valence-electron chi connectivity index (χ4n) is 3.69. The second-order valence-corrected chi connectivity index (χ2v) is 6.34. The fraction of sp³-hybridized carbons (Fsp3) is 0.150. The van der Waals surface area contributed by atoms with Gasteiger partial charge < -0.3 is 14.9 Å². The molecule has 4 heteroatoms. The Morgan fingerprint density at radius 2 is 2.08 bits per heavy atom. The predicted octanol–water partition coefficient (Wildman–Crippen LogP) is 4.12. The van der Waals surface area contributed by atoms with E-state index in [1.807, 2.05) is 12.4 Å². The number of nitrogens with zero attached hydrogens (tertiary/aromatic N) is 2. The van der Waals surface area contributed by atoms with Crippen LogP contribution in [-0.2, 0) is 13.0 Å². The lowest BCUT2D eigenvalue weighted by Crippen LogP contribution is -2.19. The Bertz CT molecular complexity index is 998. The van der Waals surface area contributed by atoms with Crippen LogP contribution in [0.5, 0.6) is 0 Å². The molecule has 0 atom stereocenters. The SMILES string of the molecule is c1cc(-c2ccc3c(c2)N(Cc2cnc[nH]2)CC3)c2cc[nH]c2c1. The van der Waals surface area contributed by atoms with Crippen molar-refractivity contribution in [3.8, 4) is 11.1 Å². The van der Waals surface area contributed by atoms with Gasteiger partial charge in [0.25, 0.3) is 0 Å². The summed E-state index contributed by atoms with van der Waals surface area (Å²) in [4.78, 5) is 13.1. The molecular weight excluding hydrogens is 296 g/mol. The number of nitrogens with one attached hydrogen (secondary N) is 2. The molecule has 0 fully saturated rings. The summed E-state index contributed by atoms with van der Waals surface area (Å²) in [6.45, 7) is 1.94. The fourth-order valence-corrected chi connectivity index (χ4v) is 3.69. The number of imidazole rings is 1. The molecule has 1 aliphatic heterocycles. The van der Waals surface area contributed by atoms with Crippen LogP contribution in [0.2, 0.25) is 0 Å². The summed E-state index contributed by atoms with van der Waals surface area (Å²) in [6.07, 6.45) is 6.77. The molecule has 0 radical (unpaired) electrons. The van der Waals surface area contributed by atoms with E-state index in [4.69, 9.17) is 0 Å². The van der Waals surface area contributed by atoms with Crippen LogP contribution in [0.25, 0.3) is 22.0 Å². The lowest BCUT2D eigenvalue weighted by molar-refractivity contribution is 0.819. The monoisotopic (exact) mass is 314 g/mol. The standard InChI is InChI=1S/C20H18N4/c1-2-17(18-6-8-22-19(18)3-1)15-5-4-14-7-9-24(20(14)10-15)12-16-11-21-13-23-16/h1-6,8,10-11,13,22H,7,9,12H2,(H,21,23). The zero-order valence-corrected chi connectivity index (χ0v) is 13.3. The topological polar surface area (TPSA) is 47.7 Å². The third-order valence-electron chi connectivity index (χ3n) is 4.90. The van der Waals surface area contributed by atoms with Crippen molar-refractivity contribution in [3.63, 3.8) is 0 Å². The van der Waals surface area contributed by atoms with Gasteiger partial charge in [-0.25, -0.2) is 4.98 Å². The maximum absolute atomic E-state index is 4.13. The maximum atomic E-state index is 4.13. The minimum absolute atomic E-state index is 0.880. The summed E-state index contributed by atoms with van der Waals surface area (Å²) < 4.78 is 0. The average molecular weight is 314 g/mol. The van der Waals surface area contributed by atoms with Gasteiger partial charge in [0, 0.05) is 35.5 Å². The highest BCUT2D eigenvalue weighted by molar-refractivity contribution is 5.95. The van der Waals surface area contributed by atoms with Gasteiger partial charge in [0.2, 0.25) is 0 Å². The first-order chi connectivity index (χ1) is 11.9. The summed E-state index contributed by atoms with van der Waals surface area (Å²) >= 11 is 0. The van der Waals surface area contributed by atoms with Gasteiger partial charge in [0.1, 0.15) is 0 Å². The molecule has 2 N–H and O–H groups in total. The van der Waals surface area contributed by atoms with Crippen LogP contribution in [-0.4, -0.2) is 21.5 Å². The molecule has 0 bridgehead atoms. The van der Waals surface area contributed by atoms with Crippen molar-refractivity contribution in [2.24, 2.45) is 0 Å². The number of hydrogen-bond acceptors (Lipinski definition) is 2. The Morgan fingerprint density at radius 1 is 1.08 bits per heavy atom. The summed E-state index contributed by atoms with van der Waals surface area (Å²) in [6, 6.07) is 15.5. The third kappa shape index (κ3) is 2.11. The van der Waals surface area contributed by atoms with E-state index < -0.39 is 0 Å². The number of aromatic nitrogens is 3. The van der Waals surface area contributed by atoms with Crippen molar-refractivity contribution in [1.29, 1.82) is 0 Å². The molecule has 0 saturated heterocycles. The van der Waals surface area contributed by atoms with Crippen molar-refractivity contribution in [1.82, 2.24) is 15.0 Å². The van der Waals surface area contributed by atoms with Gasteiger partial charge in [-0.15, -0.1) is 0 Å². The summed E-state index contributed by atoms with van der Waals surface area (Å²) in [5, 5.41) is 1.27. The number of anilines is 1. The number of H-pyrrole nitrogens is 2. The van der Waals surface area contributed by atoms with E-state index in [0.717, 1.165) is 25.2 Å². The van der Waals surface area contributed by atoms with E-state index in [9.17, 15) is 0 Å². The number of rotatable bonds is 3. The van der Waals surface area contributed by atoms with Gasteiger partial charge >= 0.3 is 0 Å². The molecule has 4 aromatic rings. The highest BCUT2D eigenvalue weighted by atomic mass is 15.2. The molecule has 0 aliphatic carbocycles. The van der Waals surface area contributed by atoms with E-state index in [1.165, 1.54) is 33.3 Å². The van der Waals surface area contributed by atoms with E-state index in [2.05, 4.69) is 62.3 Å². The van der Waals surface area contributed by atoms with Crippen LogP contribution in [0.3, 0.4) is 0 Å². The third-order valence-corrected chi connectivity index (χ3v) is 4.90. The average Bonchev–Trinajstić information content (AvgIpc) is 3.35. The van der Waals surface area contributed by atoms with E-state index in [1.54, 1.807) is 6.33 Å². The van der Waals surface area contributed by atoms with Crippen molar-refractivity contribution in [2.45, 2.75) is 13.0 Å². The molecular formula is C20H18N4. The largest absolute Gasteiger partial charge is 0.365 e. The maximum Gasteiger partial charge on any atom is 0.0922 e. The van der Waals surface area contributed by atoms with Gasteiger partial charge in [-0.1, -0.05) is 24.3 Å². The predicted molar refractivity (Wildman–Crippen MR) is 97.1 cm³/mol. The summed E-state index contributed by atoms with van der Waals surface area (Å²) in [5.74, 6) is 0. The zero-order valence-electron chi connectivity index (χ0n) is 13.3. The quantitative estimate of drug-likeness (QED) is 0.597. The van der Waals surface area contributed by atoms with Crippen molar-refractivity contribution in [3.05, 3.63) is 72.4 Å². The Morgan fingerprint density at radius 3 is 3.00 bits per heavy atom. The molecule has 0 amide bonds. The van der Waals surface area contributed by atoms with Gasteiger partial charge in [0.05, 0.1) is 18.6 Å². The summed E-state index contributed by atoms with van der Waals surface area (Å²) in [5.41, 5.74) is 7.66. The second kappa shape index (κ2) is 5.27. The van der Waals surface area contributed by atoms with Crippen LogP contribution in [0.1, 0.15) is 11.3 Å². The molecule has 3 heterocycles. The van der Waals surface area contributed by atoms with Gasteiger partial charge in [0.15, 0.2) is 0 Å². The Hall–Kier alpha value is -3.01. The smallest absolute Gasteiger partial charge is 0.0922 e. The molecule has 24 heavy (non-hydrogen) atoms. The first kappa shape index (κ1) is 13.4. The first-order valence-electron chi connectivity index (χ1n) is 8.30. The normalized spacial score (nSPS) is 13.6. The lowest BCUT2D eigenvalue weighted by Gasteiger charge is -2.19. The van der Waals surface area contributed by atoms with E-state index in [-0.39, 0.29) is 0 Å². The van der Waals surface area contributed by atoms with Crippen molar-refractivity contribution >= 4 is 16.6 Å². The Kier molecular flexibility index (Phi) is 2.95. The molecule has 118 valence electrons. The number of hydrogen-bond donors (Lipinski definition) is 2. The van der Waals surface area contributed by atoms with Gasteiger partial charge in [-0.2, -0.15) is 0 Å². The highest BCUT2D eigenvalue weighted by Gasteiger charge is 2.20. The van der Waals surface area contributed by atoms with Gasteiger partial charge in [-0.05, 0) is 41.3 Å². The van der Waals surface area contributed by atoms with Crippen LogP contribution in [0.4, 0.5) is 5.69 Å². The molecule has 0 saturated carbocycles. The molecule has 1 aliphatic rings. The highest BCUT2D eigenvalue weighted by Crippen LogP contribution is 2.35. The van der Waals surface area contributed by atoms with Crippen LogP contribution >= 0.6 is 0 Å². The van der Waals surface area contributed by atoms with Crippen LogP contribution in [0, 0.1) is 0 Å². The van der Waals surface area contributed by atoms with Crippen molar-refractivity contribution < 1.29 is 0 Å². The molecule has 2 aromatic heterocycles. The molecule has 2 aromatic carbocycles. The zero-order chi connectivity index (χ0) is 15.9. The minimum Gasteiger partial charge on any atom is -0.365 e. The molecule has 0 unspecified atom stereocenters. The number of fused-ring (bicyclic) bond motifs is 2. The van der Waals surface area contributed by atoms with E-state index >= 15 is 0 Å². The first-order valence-corrected chi connectivity index (χ1v) is 8.30. The molecule has 4 nitrogen and oxygen atoms in total. The lowest BCUT2D eigenvalue weighted by atomic mass is 9.99. The minimum atomic E-state index is 0.880. The second-order valence-electron chi connectivity index (χ2n) is 6.34. The Balaban J connectivity index is 1.57.